The van der Waals surface area contributed by atoms with E-state index in [1.165, 1.54) is 25.4 Å². The minimum absolute atomic E-state index is 0.0479. The molecular weight excluding hydrogens is 969 g/mol. The standard InChI is InChI=1S/C55H70N6O14/c1-7-37-23-41-31-56-46-29-50(48(67-5)27-44(46)54(64)60(41)33-37)74-35-39-25-43(73-16-14-59(13-10-11-53(63)72-9-3)52(62)12-15-69-19-20-71-22-21-70-18-17-66-4)26-40(58-39)36-75-51-30-47-45(28-49(51)68-6)55(65)61-34-38(8-2)24-42(61)32-57-47/h7-8,25-32,41-42H,9-24,33-36H2,1-6H3/b37-7+,38-8+/t41-,42-/m0/s1. The van der Waals surface area contributed by atoms with Crippen molar-refractivity contribution in [3.63, 3.8) is 0 Å². The summed E-state index contributed by atoms with van der Waals surface area (Å²) in [6, 6.07) is 9.88. The van der Waals surface area contributed by atoms with Gasteiger partial charge in [-0.05, 0) is 52.2 Å². The van der Waals surface area contributed by atoms with Crippen LogP contribution in [0.1, 0.15) is 85.0 Å². The van der Waals surface area contributed by atoms with E-state index in [9.17, 15) is 19.2 Å². The number of rotatable bonds is 29. The Morgan fingerprint density at radius 2 is 1.16 bits per heavy atom. The number of allylic oxidation sites excluding steroid dienone is 2. The Kier molecular flexibility index (Phi) is 21.0. The Hall–Kier alpha value is -6.87. The third kappa shape index (κ3) is 15.1. The van der Waals surface area contributed by atoms with Crippen LogP contribution in [-0.4, -0.2) is 175 Å². The Morgan fingerprint density at radius 3 is 1.65 bits per heavy atom. The number of carbonyl (C=O) groups is 4. The summed E-state index contributed by atoms with van der Waals surface area (Å²) in [7, 11) is 4.64. The molecule has 404 valence electrons. The number of pyridine rings is 1. The molecule has 0 unspecified atom stereocenters. The zero-order valence-corrected chi connectivity index (χ0v) is 44.0. The fraction of sp³-hybridized carbons (Fsp3) is 0.509. The number of amides is 3. The van der Waals surface area contributed by atoms with Crippen LogP contribution in [0.25, 0.3) is 0 Å². The molecule has 20 heteroatoms. The van der Waals surface area contributed by atoms with E-state index in [1.54, 1.807) is 55.3 Å². The zero-order chi connectivity index (χ0) is 53.1. The van der Waals surface area contributed by atoms with Crippen LogP contribution in [0.2, 0.25) is 0 Å². The van der Waals surface area contributed by atoms with Crippen molar-refractivity contribution in [2.45, 2.75) is 78.2 Å². The number of benzene rings is 2. The van der Waals surface area contributed by atoms with Gasteiger partial charge in [0, 0.05) is 69.9 Å². The van der Waals surface area contributed by atoms with Crippen LogP contribution in [0, 0.1) is 0 Å². The number of methoxy groups -OCH3 is 3. The Morgan fingerprint density at radius 1 is 0.640 bits per heavy atom. The largest absolute Gasteiger partial charge is 0.493 e. The first-order valence-electron chi connectivity index (χ1n) is 25.5. The molecule has 75 heavy (non-hydrogen) atoms. The highest BCUT2D eigenvalue weighted by atomic mass is 16.6. The van der Waals surface area contributed by atoms with Gasteiger partial charge in [0.15, 0.2) is 23.0 Å². The summed E-state index contributed by atoms with van der Waals surface area (Å²) in [5.41, 5.74) is 5.05. The van der Waals surface area contributed by atoms with Gasteiger partial charge in [-0.2, -0.15) is 0 Å². The maximum atomic E-state index is 13.8. The second kappa shape index (κ2) is 28.1. The molecule has 0 N–H and O–H groups in total. The molecule has 4 aliphatic heterocycles. The lowest BCUT2D eigenvalue weighted by Gasteiger charge is -2.23. The van der Waals surface area contributed by atoms with Crippen molar-refractivity contribution in [2.24, 2.45) is 9.98 Å². The molecule has 2 aromatic carbocycles. The van der Waals surface area contributed by atoms with Gasteiger partial charge in [-0.1, -0.05) is 23.3 Å². The topological polar surface area (TPSA) is 208 Å². The number of aromatic nitrogens is 1. The van der Waals surface area contributed by atoms with Crippen LogP contribution in [0.3, 0.4) is 0 Å². The first-order valence-corrected chi connectivity index (χ1v) is 25.5. The van der Waals surface area contributed by atoms with Crippen LogP contribution in [0.4, 0.5) is 11.4 Å². The lowest BCUT2D eigenvalue weighted by atomic mass is 10.1. The van der Waals surface area contributed by atoms with Gasteiger partial charge in [0.1, 0.15) is 25.6 Å². The van der Waals surface area contributed by atoms with Gasteiger partial charge in [0.2, 0.25) is 5.91 Å². The first kappa shape index (κ1) is 55.9. The number of hydrogen-bond acceptors (Lipinski definition) is 17. The minimum Gasteiger partial charge on any atom is -0.493 e. The van der Waals surface area contributed by atoms with Crippen molar-refractivity contribution < 1.29 is 66.5 Å². The van der Waals surface area contributed by atoms with E-state index in [-0.39, 0.29) is 88.2 Å². The molecule has 2 saturated heterocycles. The molecule has 0 bridgehead atoms. The minimum atomic E-state index is -0.337. The molecule has 5 heterocycles. The summed E-state index contributed by atoms with van der Waals surface area (Å²) >= 11 is 0. The number of esters is 1. The molecule has 2 atom stereocenters. The second-order valence-corrected chi connectivity index (χ2v) is 18.0. The van der Waals surface area contributed by atoms with Gasteiger partial charge in [-0.3, -0.25) is 34.1 Å². The third-order valence-electron chi connectivity index (χ3n) is 13.0. The smallest absolute Gasteiger partial charge is 0.305 e. The monoisotopic (exact) mass is 1040 g/mol. The summed E-state index contributed by atoms with van der Waals surface area (Å²) in [5, 5.41) is 0. The molecule has 0 aliphatic carbocycles. The molecule has 3 aromatic rings. The molecule has 20 nitrogen and oxygen atoms in total. The van der Waals surface area contributed by atoms with E-state index < -0.39 is 0 Å². The van der Waals surface area contributed by atoms with Gasteiger partial charge in [0.05, 0.1) is 126 Å². The normalized spacial score (nSPS) is 17.6. The first-order chi connectivity index (χ1) is 36.5. The van der Waals surface area contributed by atoms with E-state index in [1.807, 2.05) is 48.2 Å². The van der Waals surface area contributed by atoms with Crippen LogP contribution >= 0.6 is 0 Å². The number of ether oxygens (including phenoxy) is 10. The van der Waals surface area contributed by atoms with Gasteiger partial charge in [-0.25, -0.2) is 0 Å². The molecular formula is C55H70N6O14. The predicted molar refractivity (Wildman–Crippen MR) is 278 cm³/mol. The van der Waals surface area contributed by atoms with Crippen molar-refractivity contribution in [2.75, 3.05) is 107 Å². The summed E-state index contributed by atoms with van der Waals surface area (Å²) in [5.74, 6) is 1.05. The fourth-order valence-electron chi connectivity index (χ4n) is 8.97. The van der Waals surface area contributed by atoms with Crippen LogP contribution < -0.4 is 23.7 Å². The summed E-state index contributed by atoms with van der Waals surface area (Å²) < 4.78 is 57.4. The Labute approximate surface area is 438 Å². The molecule has 0 saturated carbocycles. The summed E-state index contributed by atoms with van der Waals surface area (Å²) in [6.07, 6.45) is 9.81. The predicted octanol–water partition coefficient (Wildman–Crippen LogP) is 6.65. The average molecular weight is 1040 g/mol. The molecule has 1 aromatic heterocycles. The van der Waals surface area contributed by atoms with Crippen LogP contribution in [0.15, 0.2) is 69.7 Å². The van der Waals surface area contributed by atoms with Gasteiger partial charge < -0.3 is 62.1 Å². The van der Waals surface area contributed by atoms with Crippen molar-refractivity contribution in [3.05, 3.63) is 82.2 Å². The highest BCUT2D eigenvalue weighted by Crippen LogP contribution is 2.41. The number of fused-ring (bicyclic) bond motifs is 4. The summed E-state index contributed by atoms with van der Waals surface area (Å²) in [6.45, 7) is 10.2. The number of hydrogen-bond donors (Lipinski definition) is 0. The van der Waals surface area contributed by atoms with Crippen molar-refractivity contribution in [1.29, 1.82) is 0 Å². The quantitative estimate of drug-likeness (QED) is 0.0405. The molecule has 2 fully saturated rings. The van der Waals surface area contributed by atoms with Crippen molar-refractivity contribution in [3.8, 4) is 28.7 Å². The van der Waals surface area contributed by atoms with Crippen molar-refractivity contribution >= 4 is 47.5 Å². The van der Waals surface area contributed by atoms with E-state index >= 15 is 0 Å². The second-order valence-electron chi connectivity index (χ2n) is 18.0. The summed E-state index contributed by atoms with van der Waals surface area (Å²) in [4.78, 5) is 73.0. The Bertz CT molecular complexity index is 2460. The van der Waals surface area contributed by atoms with Gasteiger partial charge in [-0.15, -0.1) is 0 Å². The number of carbonyl (C=O) groups excluding carboxylic acids is 4. The maximum Gasteiger partial charge on any atom is 0.305 e. The van der Waals surface area contributed by atoms with Crippen molar-refractivity contribution in [1.82, 2.24) is 19.7 Å². The highest BCUT2D eigenvalue weighted by Gasteiger charge is 2.36. The van der Waals surface area contributed by atoms with Crippen LogP contribution in [0.5, 0.6) is 28.7 Å². The zero-order valence-electron chi connectivity index (χ0n) is 44.0. The van der Waals surface area contributed by atoms with Crippen LogP contribution in [-0.2, 0) is 46.5 Å². The fourth-order valence-corrected chi connectivity index (χ4v) is 8.97. The molecule has 0 radical (unpaired) electrons. The lowest BCUT2D eigenvalue weighted by Crippen LogP contribution is -2.36. The number of aliphatic imine (C=N–C) groups is 2. The molecule has 3 amide bonds. The van der Waals surface area contributed by atoms with E-state index in [2.05, 4.69) is 0 Å². The van der Waals surface area contributed by atoms with E-state index in [0.717, 1.165) is 12.8 Å². The molecule has 4 aliphatic rings. The maximum absolute atomic E-state index is 13.8. The SMILES string of the molecule is C/C=C1\C[C@H]2C=Nc3cc(OCc4cc(OCCN(CCCC(=O)OCC)C(=O)CCOCCOCCOCCOC)cc(COc5cc6c(cc5OC)C(=O)N5C/C(=C/C)C[C@H]5C=N6)n4)c(OC)cc3C(=O)N2C1. The van der Waals surface area contributed by atoms with E-state index in [0.29, 0.717) is 128 Å². The third-order valence-corrected chi connectivity index (χ3v) is 13.0. The molecule has 7 rings (SSSR count). The van der Waals surface area contributed by atoms with Gasteiger partial charge >= 0.3 is 5.97 Å². The van der Waals surface area contributed by atoms with Gasteiger partial charge in [0.25, 0.3) is 11.8 Å². The number of nitrogens with zero attached hydrogens (tertiary/aromatic N) is 6. The lowest BCUT2D eigenvalue weighted by molar-refractivity contribution is -0.144. The molecule has 0 spiro atoms. The van der Waals surface area contributed by atoms with E-state index in [4.69, 9.17) is 62.3 Å². The Balaban J connectivity index is 1.07. The average Bonchev–Trinajstić information content (AvgIpc) is 4.00. The highest BCUT2D eigenvalue weighted by molar-refractivity contribution is 6.05.